The minimum absolute atomic E-state index is 0.0881. The normalized spacial score (nSPS) is 20.0. The van der Waals surface area contributed by atoms with Gasteiger partial charge in [-0.25, -0.2) is 0 Å². The third kappa shape index (κ3) is 2.62. The lowest BCUT2D eigenvalue weighted by atomic mass is 10.1. The third-order valence-electron chi connectivity index (χ3n) is 4.11. The molecule has 0 saturated heterocycles. The Labute approximate surface area is 133 Å². The largest absolute Gasteiger partial charge is 0.390 e. The van der Waals surface area contributed by atoms with Gasteiger partial charge in [-0.15, -0.1) is 0 Å². The predicted octanol–water partition coefficient (Wildman–Crippen LogP) is 1.93. The van der Waals surface area contributed by atoms with Gasteiger partial charge in [-0.2, -0.15) is 5.10 Å². The summed E-state index contributed by atoms with van der Waals surface area (Å²) in [6.45, 7) is 3.72. The van der Waals surface area contributed by atoms with Crippen molar-refractivity contribution in [3.63, 3.8) is 0 Å². The van der Waals surface area contributed by atoms with Crippen LogP contribution in [-0.2, 0) is 17.8 Å². The van der Waals surface area contributed by atoms with Crippen molar-refractivity contribution in [1.29, 1.82) is 0 Å². The average molecular weight is 320 g/mol. The SMILES string of the molecule is Cc1nn(CC(=O)NC2c3ccccc3CC2O)c(C)c1Cl. The number of aliphatic hydroxyl groups is 1. The van der Waals surface area contributed by atoms with Crippen LogP contribution in [0.2, 0.25) is 5.02 Å². The molecule has 1 heterocycles. The molecule has 6 heteroatoms. The molecule has 116 valence electrons. The van der Waals surface area contributed by atoms with Gasteiger partial charge in [-0.05, 0) is 25.0 Å². The van der Waals surface area contributed by atoms with Crippen molar-refractivity contribution in [2.45, 2.75) is 39.0 Å². The Bertz CT molecular complexity index is 726. The molecule has 0 radical (unpaired) electrons. The van der Waals surface area contributed by atoms with Crippen LogP contribution in [-0.4, -0.2) is 26.9 Å². The van der Waals surface area contributed by atoms with E-state index in [1.165, 1.54) is 0 Å². The number of carbonyl (C=O) groups is 1. The van der Waals surface area contributed by atoms with Gasteiger partial charge in [0.1, 0.15) is 6.54 Å². The minimum Gasteiger partial charge on any atom is -0.390 e. The first kappa shape index (κ1) is 15.1. The van der Waals surface area contributed by atoms with Gasteiger partial charge in [0.25, 0.3) is 0 Å². The van der Waals surface area contributed by atoms with Crippen LogP contribution in [0, 0.1) is 13.8 Å². The molecule has 2 aromatic rings. The summed E-state index contributed by atoms with van der Waals surface area (Å²) in [5, 5.41) is 17.9. The summed E-state index contributed by atoms with van der Waals surface area (Å²) in [5.74, 6) is -0.192. The molecule has 0 saturated carbocycles. The number of hydrogen-bond acceptors (Lipinski definition) is 3. The molecular formula is C16H18ClN3O2. The van der Waals surface area contributed by atoms with Crippen molar-refractivity contribution in [3.05, 3.63) is 51.8 Å². The number of aliphatic hydroxyl groups excluding tert-OH is 1. The maximum absolute atomic E-state index is 12.3. The maximum Gasteiger partial charge on any atom is 0.242 e. The Morgan fingerprint density at radius 1 is 1.45 bits per heavy atom. The maximum atomic E-state index is 12.3. The van der Waals surface area contributed by atoms with E-state index in [-0.39, 0.29) is 18.5 Å². The fraction of sp³-hybridized carbons (Fsp3) is 0.375. The summed E-state index contributed by atoms with van der Waals surface area (Å²) in [5.41, 5.74) is 3.53. The molecule has 22 heavy (non-hydrogen) atoms. The second kappa shape index (κ2) is 5.74. The lowest BCUT2D eigenvalue weighted by Gasteiger charge is -2.18. The molecular weight excluding hydrogens is 302 g/mol. The molecule has 1 aliphatic carbocycles. The van der Waals surface area contributed by atoms with Crippen molar-refractivity contribution < 1.29 is 9.90 Å². The van der Waals surface area contributed by atoms with Crippen molar-refractivity contribution in [3.8, 4) is 0 Å². The molecule has 1 aliphatic rings. The van der Waals surface area contributed by atoms with Crippen molar-refractivity contribution in [2.75, 3.05) is 0 Å². The quantitative estimate of drug-likeness (QED) is 0.908. The Hall–Kier alpha value is -1.85. The van der Waals surface area contributed by atoms with Crippen LogP contribution in [0.1, 0.15) is 28.6 Å². The summed E-state index contributed by atoms with van der Waals surface area (Å²) >= 11 is 6.09. The second-order valence-electron chi connectivity index (χ2n) is 5.66. The van der Waals surface area contributed by atoms with Gasteiger partial charge in [0.2, 0.25) is 5.91 Å². The fourth-order valence-corrected chi connectivity index (χ4v) is 3.07. The van der Waals surface area contributed by atoms with Crippen LogP contribution in [0.4, 0.5) is 0 Å². The lowest BCUT2D eigenvalue weighted by molar-refractivity contribution is -0.123. The van der Waals surface area contributed by atoms with Crippen molar-refractivity contribution in [2.24, 2.45) is 0 Å². The molecule has 2 unspecified atom stereocenters. The van der Waals surface area contributed by atoms with Crippen LogP contribution in [0.5, 0.6) is 0 Å². The molecule has 0 aliphatic heterocycles. The standard InChI is InChI=1S/C16H18ClN3O2/c1-9-15(17)10(2)20(19-9)8-14(22)18-16-12-6-4-3-5-11(12)7-13(16)21/h3-6,13,16,21H,7-8H2,1-2H3,(H,18,22). The Balaban J connectivity index is 1.73. The third-order valence-corrected chi connectivity index (χ3v) is 4.65. The van der Waals surface area contributed by atoms with Crippen LogP contribution in [0.3, 0.4) is 0 Å². The summed E-state index contributed by atoms with van der Waals surface area (Å²) in [7, 11) is 0. The first-order chi connectivity index (χ1) is 10.5. The van der Waals surface area contributed by atoms with Gasteiger partial charge in [-0.3, -0.25) is 9.48 Å². The number of aryl methyl sites for hydroxylation is 1. The van der Waals surface area contributed by atoms with Gasteiger partial charge in [-0.1, -0.05) is 35.9 Å². The molecule has 0 bridgehead atoms. The van der Waals surface area contributed by atoms with Crippen molar-refractivity contribution in [1.82, 2.24) is 15.1 Å². The van der Waals surface area contributed by atoms with Crippen LogP contribution in [0.15, 0.2) is 24.3 Å². The molecule has 0 spiro atoms. The second-order valence-corrected chi connectivity index (χ2v) is 6.04. The van der Waals surface area contributed by atoms with E-state index >= 15 is 0 Å². The van der Waals surface area contributed by atoms with Gasteiger partial charge in [0.15, 0.2) is 0 Å². The number of fused-ring (bicyclic) bond motifs is 1. The number of hydrogen-bond donors (Lipinski definition) is 2. The number of benzene rings is 1. The first-order valence-corrected chi connectivity index (χ1v) is 7.60. The number of halogens is 1. The summed E-state index contributed by atoms with van der Waals surface area (Å²) in [6.07, 6.45) is -0.0299. The zero-order valence-corrected chi connectivity index (χ0v) is 13.3. The monoisotopic (exact) mass is 319 g/mol. The average Bonchev–Trinajstić information content (AvgIpc) is 2.92. The number of nitrogens with zero attached hydrogens (tertiary/aromatic N) is 2. The molecule has 2 N–H and O–H groups in total. The highest BCUT2D eigenvalue weighted by Crippen LogP contribution is 2.31. The Morgan fingerprint density at radius 3 is 2.86 bits per heavy atom. The molecule has 1 aromatic heterocycles. The number of aromatic nitrogens is 2. The van der Waals surface area contributed by atoms with Crippen LogP contribution < -0.4 is 5.32 Å². The van der Waals surface area contributed by atoms with Crippen molar-refractivity contribution >= 4 is 17.5 Å². The molecule has 1 aromatic carbocycles. The number of nitrogens with one attached hydrogen (secondary N) is 1. The number of carbonyl (C=O) groups excluding carboxylic acids is 1. The molecule has 1 amide bonds. The van der Waals surface area contributed by atoms with Gasteiger partial charge in [0, 0.05) is 6.42 Å². The fourth-order valence-electron chi connectivity index (χ4n) is 2.93. The lowest BCUT2D eigenvalue weighted by Crippen LogP contribution is -2.36. The zero-order valence-electron chi connectivity index (χ0n) is 12.5. The van der Waals surface area contributed by atoms with Gasteiger partial charge in [0.05, 0.1) is 28.6 Å². The van der Waals surface area contributed by atoms with Crippen LogP contribution >= 0.6 is 11.6 Å². The van der Waals surface area contributed by atoms with E-state index in [9.17, 15) is 9.90 Å². The highest BCUT2D eigenvalue weighted by molar-refractivity contribution is 6.31. The predicted molar refractivity (Wildman–Crippen MR) is 83.7 cm³/mol. The molecule has 2 atom stereocenters. The molecule has 5 nitrogen and oxygen atoms in total. The first-order valence-electron chi connectivity index (χ1n) is 7.22. The van der Waals surface area contributed by atoms with E-state index in [2.05, 4.69) is 10.4 Å². The molecule has 3 rings (SSSR count). The Kier molecular flexibility index (Phi) is 3.93. The summed E-state index contributed by atoms with van der Waals surface area (Å²) < 4.78 is 1.58. The smallest absolute Gasteiger partial charge is 0.242 e. The van der Waals surface area contributed by atoms with Gasteiger partial charge < -0.3 is 10.4 Å². The van der Waals surface area contributed by atoms with E-state index in [0.29, 0.717) is 17.1 Å². The van der Waals surface area contributed by atoms with Crippen LogP contribution in [0.25, 0.3) is 0 Å². The van der Waals surface area contributed by atoms with E-state index in [1.807, 2.05) is 31.2 Å². The zero-order chi connectivity index (χ0) is 15.9. The summed E-state index contributed by atoms with van der Waals surface area (Å²) in [4.78, 5) is 12.3. The van der Waals surface area contributed by atoms with Gasteiger partial charge >= 0.3 is 0 Å². The minimum atomic E-state index is -0.592. The summed E-state index contributed by atoms with van der Waals surface area (Å²) in [6, 6.07) is 7.41. The van der Waals surface area contributed by atoms with E-state index in [0.717, 1.165) is 16.8 Å². The van der Waals surface area contributed by atoms with E-state index in [4.69, 9.17) is 11.6 Å². The topological polar surface area (TPSA) is 67.2 Å². The highest BCUT2D eigenvalue weighted by atomic mass is 35.5. The highest BCUT2D eigenvalue weighted by Gasteiger charge is 2.31. The van der Waals surface area contributed by atoms with E-state index in [1.54, 1.807) is 11.6 Å². The molecule has 0 fully saturated rings. The number of rotatable bonds is 3. The van der Waals surface area contributed by atoms with E-state index < -0.39 is 6.10 Å². The Morgan fingerprint density at radius 2 is 2.18 bits per heavy atom. The number of amides is 1.